The molecule has 2 atom stereocenters. The molecule has 2 amide bonds. The number of thioether (sulfide) groups is 1. The van der Waals surface area contributed by atoms with Crippen molar-refractivity contribution < 1.29 is 33.5 Å². The normalized spacial score (nSPS) is 22.4. The van der Waals surface area contributed by atoms with E-state index >= 15 is 0 Å². The van der Waals surface area contributed by atoms with Crippen molar-refractivity contribution in [2.24, 2.45) is 11.1 Å². The number of hydrogen-bond donors (Lipinski definition) is 2. The summed E-state index contributed by atoms with van der Waals surface area (Å²) in [6, 6.07) is -0.883. The van der Waals surface area contributed by atoms with Crippen LogP contribution < -0.4 is 11.1 Å². The number of nitrogens with one attached hydrogen (secondary N) is 1. The molecular formula is C21H25N5O7S2. The van der Waals surface area contributed by atoms with Crippen LogP contribution in [0.5, 0.6) is 0 Å². The van der Waals surface area contributed by atoms with Gasteiger partial charge in [-0.2, -0.15) is 0 Å². The van der Waals surface area contributed by atoms with Gasteiger partial charge in [0.2, 0.25) is 6.79 Å². The third kappa shape index (κ3) is 5.42. The summed E-state index contributed by atoms with van der Waals surface area (Å²) in [6.45, 7) is -0.515. The number of oxime groups is 1. The second-order valence-electron chi connectivity index (χ2n) is 8.01. The molecule has 2 aliphatic heterocycles. The number of nitrogens with two attached hydrogens (primary N) is 1. The van der Waals surface area contributed by atoms with Crippen LogP contribution in [-0.2, 0) is 33.5 Å². The van der Waals surface area contributed by atoms with Crippen LogP contribution in [-0.4, -0.2) is 70.4 Å². The predicted octanol–water partition coefficient (Wildman–Crippen LogP) is 0.984. The van der Waals surface area contributed by atoms with E-state index in [1.165, 1.54) is 23.8 Å². The Morgan fingerprint density at radius 2 is 2.03 bits per heavy atom. The van der Waals surface area contributed by atoms with E-state index in [1.807, 2.05) is 0 Å². The highest BCUT2D eigenvalue weighted by Gasteiger charge is 2.53. The molecule has 2 fully saturated rings. The van der Waals surface area contributed by atoms with Crippen molar-refractivity contribution in [1.29, 1.82) is 0 Å². The first-order valence-corrected chi connectivity index (χ1v) is 13.0. The molecule has 1 saturated carbocycles. The van der Waals surface area contributed by atoms with Gasteiger partial charge in [-0.1, -0.05) is 24.4 Å². The van der Waals surface area contributed by atoms with Crippen LogP contribution in [0.25, 0.3) is 0 Å². The molecule has 0 bridgehead atoms. The maximum absolute atomic E-state index is 12.8. The molecule has 1 aromatic heterocycles. The zero-order valence-corrected chi connectivity index (χ0v) is 20.6. The van der Waals surface area contributed by atoms with Crippen LogP contribution in [0.1, 0.15) is 37.8 Å². The van der Waals surface area contributed by atoms with E-state index in [0.717, 1.165) is 43.4 Å². The molecule has 1 saturated heterocycles. The Balaban J connectivity index is 1.32. The van der Waals surface area contributed by atoms with Crippen molar-refractivity contribution in [3.8, 4) is 0 Å². The number of amides is 2. The van der Waals surface area contributed by atoms with Gasteiger partial charge in [0, 0.05) is 11.1 Å². The van der Waals surface area contributed by atoms with Gasteiger partial charge in [-0.25, -0.2) is 9.78 Å². The van der Waals surface area contributed by atoms with E-state index in [-0.39, 0.29) is 34.1 Å². The fraction of sp³-hybridized carbons (Fsp3) is 0.524. The fourth-order valence-corrected chi connectivity index (χ4v) is 5.84. The first kappa shape index (κ1) is 25.0. The van der Waals surface area contributed by atoms with E-state index in [1.54, 1.807) is 11.5 Å². The van der Waals surface area contributed by atoms with Crippen molar-refractivity contribution in [1.82, 2.24) is 15.2 Å². The van der Waals surface area contributed by atoms with Crippen molar-refractivity contribution in [3.05, 3.63) is 22.8 Å². The van der Waals surface area contributed by atoms with E-state index in [9.17, 15) is 19.2 Å². The van der Waals surface area contributed by atoms with Crippen LogP contribution in [0, 0.1) is 5.92 Å². The van der Waals surface area contributed by atoms with E-state index in [0.29, 0.717) is 5.75 Å². The lowest BCUT2D eigenvalue weighted by Gasteiger charge is -2.48. The summed E-state index contributed by atoms with van der Waals surface area (Å²) >= 11 is 2.51. The number of β-lactam (4-membered cyclic amide) rings is 1. The van der Waals surface area contributed by atoms with E-state index in [2.05, 4.69) is 15.5 Å². The Hall–Kier alpha value is -3.13. The zero-order chi connectivity index (χ0) is 24.9. The molecule has 188 valence electrons. The van der Waals surface area contributed by atoms with Gasteiger partial charge in [0.05, 0.1) is 5.92 Å². The minimum Gasteiger partial charge on any atom is -0.428 e. The lowest BCUT2D eigenvalue weighted by molar-refractivity contribution is -0.171. The van der Waals surface area contributed by atoms with Gasteiger partial charge in [0.25, 0.3) is 11.8 Å². The fourth-order valence-electron chi connectivity index (χ4n) is 4.10. The highest BCUT2D eigenvalue weighted by Crippen LogP contribution is 2.38. The Bertz CT molecular complexity index is 1070. The van der Waals surface area contributed by atoms with Gasteiger partial charge in [0.1, 0.15) is 29.9 Å². The summed E-state index contributed by atoms with van der Waals surface area (Å²) in [5, 5.41) is 7.63. The maximum Gasteiger partial charge on any atom is 0.357 e. The number of carbonyl (C=O) groups excluding carboxylic acids is 4. The van der Waals surface area contributed by atoms with Gasteiger partial charge >= 0.3 is 11.9 Å². The highest BCUT2D eigenvalue weighted by atomic mass is 32.2. The Kier molecular flexibility index (Phi) is 7.90. The molecule has 3 heterocycles. The second kappa shape index (κ2) is 11.1. The average Bonchev–Trinajstić information content (AvgIpc) is 3.31. The van der Waals surface area contributed by atoms with Crippen molar-refractivity contribution >= 4 is 57.7 Å². The number of anilines is 1. The highest BCUT2D eigenvalue weighted by molar-refractivity contribution is 8.00. The molecule has 35 heavy (non-hydrogen) atoms. The number of nitrogen functional groups attached to an aromatic ring is 1. The first-order valence-electron chi connectivity index (χ1n) is 11.0. The van der Waals surface area contributed by atoms with Gasteiger partial charge in [-0.3, -0.25) is 19.3 Å². The molecule has 4 rings (SSSR count). The number of hydrogen-bond acceptors (Lipinski definition) is 12. The number of thiazole rings is 1. The number of ether oxygens (including phenoxy) is 2. The lowest BCUT2D eigenvalue weighted by atomic mass is 9.89. The number of esters is 2. The van der Waals surface area contributed by atoms with Crippen LogP contribution in [0.3, 0.4) is 0 Å². The monoisotopic (exact) mass is 523 g/mol. The quantitative estimate of drug-likeness (QED) is 0.165. The molecule has 14 heteroatoms. The molecule has 3 N–H and O–H groups in total. The summed E-state index contributed by atoms with van der Waals surface area (Å²) < 4.78 is 10.2. The van der Waals surface area contributed by atoms with Gasteiger partial charge in [-0.05, 0) is 18.9 Å². The van der Waals surface area contributed by atoms with Crippen LogP contribution >= 0.6 is 23.1 Å². The minimum atomic E-state index is -0.883. The largest absolute Gasteiger partial charge is 0.428 e. The predicted molar refractivity (Wildman–Crippen MR) is 127 cm³/mol. The summed E-state index contributed by atoms with van der Waals surface area (Å²) in [6.07, 6.45) is 6.20. The molecule has 1 unspecified atom stereocenters. The summed E-state index contributed by atoms with van der Waals surface area (Å²) in [7, 11) is 1.28. The summed E-state index contributed by atoms with van der Waals surface area (Å²) in [4.78, 5) is 60.3. The van der Waals surface area contributed by atoms with Crippen molar-refractivity contribution in [2.75, 3.05) is 25.4 Å². The van der Waals surface area contributed by atoms with Gasteiger partial charge in [0.15, 0.2) is 10.8 Å². The third-order valence-electron chi connectivity index (χ3n) is 5.83. The molecular weight excluding hydrogens is 498 g/mol. The smallest absolute Gasteiger partial charge is 0.357 e. The summed E-state index contributed by atoms with van der Waals surface area (Å²) in [5.41, 5.74) is 5.78. The number of aromatic nitrogens is 1. The van der Waals surface area contributed by atoms with E-state index < -0.39 is 36.0 Å². The number of rotatable bonds is 8. The zero-order valence-electron chi connectivity index (χ0n) is 18.9. The summed E-state index contributed by atoms with van der Waals surface area (Å²) in [5.74, 6) is -2.03. The van der Waals surface area contributed by atoms with Gasteiger partial charge in [-0.15, -0.1) is 23.1 Å². The lowest BCUT2D eigenvalue weighted by Crippen LogP contribution is -2.70. The topological polar surface area (TPSA) is 163 Å². The Morgan fingerprint density at radius 3 is 2.71 bits per heavy atom. The molecule has 0 spiro atoms. The molecule has 3 aliphatic rings. The van der Waals surface area contributed by atoms with E-state index in [4.69, 9.17) is 20.0 Å². The SMILES string of the molecule is CON=C(C(=O)NC1C(=O)N2C(C(=O)OCOC(=O)C3CCCCC3)=CCS[C@H]12)c1csc(N)n1. The molecule has 1 aromatic rings. The number of nitrogens with zero attached hydrogens (tertiary/aromatic N) is 3. The maximum atomic E-state index is 12.8. The second-order valence-corrected chi connectivity index (χ2v) is 10.1. The van der Waals surface area contributed by atoms with Crippen LogP contribution in [0.2, 0.25) is 0 Å². The molecule has 0 aromatic carbocycles. The minimum absolute atomic E-state index is 0.0519. The van der Waals surface area contributed by atoms with Crippen molar-refractivity contribution in [3.63, 3.8) is 0 Å². The molecule has 0 radical (unpaired) electrons. The Labute approximate surface area is 209 Å². The standard InChI is InChI=1S/C21H25N5O7S2/c1-31-25-14(12-9-35-21(22)23-12)16(27)24-15-17(28)26-13(7-8-34-18(15)26)20(30)33-10-32-19(29)11-5-3-2-4-6-11/h7,9,11,15,18H,2-6,8,10H2,1H3,(H2,22,23)(H,24,27)/t15?,18-/m1/s1. The first-order chi connectivity index (χ1) is 16.9. The van der Waals surface area contributed by atoms with Crippen molar-refractivity contribution in [2.45, 2.75) is 43.5 Å². The van der Waals surface area contributed by atoms with Crippen LogP contribution in [0.4, 0.5) is 5.13 Å². The number of carbonyl (C=O) groups is 4. The van der Waals surface area contributed by atoms with Gasteiger partial charge < -0.3 is 25.4 Å². The average molecular weight is 524 g/mol. The van der Waals surface area contributed by atoms with Crippen LogP contribution in [0.15, 0.2) is 22.3 Å². The number of fused-ring (bicyclic) bond motifs is 1. The Morgan fingerprint density at radius 1 is 1.26 bits per heavy atom. The third-order valence-corrected chi connectivity index (χ3v) is 7.69. The molecule has 1 aliphatic carbocycles. The molecule has 12 nitrogen and oxygen atoms in total.